The van der Waals surface area contributed by atoms with Gasteiger partial charge in [-0.2, -0.15) is 4.31 Å². The van der Waals surface area contributed by atoms with Crippen LogP contribution in [0.2, 0.25) is 0 Å². The minimum absolute atomic E-state index is 0.263. The quantitative estimate of drug-likeness (QED) is 0.412. The van der Waals surface area contributed by atoms with Crippen molar-refractivity contribution in [2.45, 2.75) is 39.3 Å². The van der Waals surface area contributed by atoms with Crippen LogP contribution in [0.4, 0.5) is 0 Å². The molecule has 0 spiro atoms. The minimum atomic E-state index is -3.85. The maximum absolute atomic E-state index is 13.4. The maximum atomic E-state index is 13.4. The van der Waals surface area contributed by atoms with E-state index in [9.17, 15) is 13.2 Å². The van der Waals surface area contributed by atoms with Gasteiger partial charge < -0.3 is 9.32 Å². The molecule has 0 fully saturated rings. The van der Waals surface area contributed by atoms with Crippen molar-refractivity contribution < 1.29 is 17.6 Å². The zero-order valence-corrected chi connectivity index (χ0v) is 20.7. The van der Waals surface area contributed by atoms with Crippen LogP contribution in [0, 0.1) is 0 Å². The second-order valence-electron chi connectivity index (χ2n) is 9.07. The van der Waals surface area contributed by atoms with Crippen LogP contribution in [-0.4, -0.2) is 42.2 Å². The molecule has 0 bridgehead atoms. The van der Waals surface area contributed by atoms with Crippen molar-refractivity contribution in [1.29, 1.82) is 0 Å². The van der Waals surface area contributed by atoms with Crippen LogP contribution < -0.4 is 0 Å². The highest BCUT2D eigenvalue weighted by atomic mass is 32.2. The summed E-state index contributed by atoms with van der Waals surface area (Å²) in [5.41, 5.74) is 1.09. The third-order valence-corrected chi connectivity index (χ3v) is 7.13. The Balaban J connectivity index is 1.80. The van der Waals surface area contributed by atoms with Crippen molar-refractivity contribution in [1.82, 2.24) is 9.21 Å². The summed E-state index contributed by atoms with van der Waals surface area (Å²) in [4.78, 5) is 15.1. The summed E-state index contributed by atoms with van der Waals surface area (Å²) in [7, 11) is -3.85. The first kappa shape index (κ1) is 25.5. The molecule has 0 saturated carbocycles. The molecule has 2 aromatic carbocycles. The Hall–Kier alpha value is -3.16. The van der Waals surface area contributed by atoms with Crippen molar-refractivity contribution in [2.75, 3.05) is 13.1 Å². The molecule has 1 aromatic heterocycles. The number of carbonyl (C=O) groups excluding carboxylic acids is 1. The molecule has 1 heterocycles. The lowest BCUT2D eigenvalue weighted by molar-refractivity contribution is -0.133. The smallest absolute Gasteiger partial charge is 0.238 e. The lowest BCUT2D eigenvalue weighted by atomic mass is 10.1. The van der Waals surface area contributed by atoms with Crippen molar-refractivity contribution in [2.24, 2.45) is 0 Å². The lowest BCUT2D eigenvalue weighted by Gasteiger charge is -2.34. The topological polar surface area (TPSA) is 70.8 Å². The number of furan rings is 1. The van der Waals surface area contributed by atoms with E-state index in [0.29, 0.717) is 18.7 Å². The monoisotopic (exact) mass is 480 g/mol. The Morgan fingerprint density at radius 2 is 1.59 bits per heavy atom. The molecule has 0 aliphatic rings. The van der Waals surface area contributed by atoms with Crippen LogP contribution in [0.5, 0.6) is 0 Å². The Morgan fingerprint density at radius 1 is 0.941 bits per heavy atom. The first-order valence-corrected chi connectivity index (χ1v) is 12.8. The van der Waals surface area contributed by atoms with Crippen molar-refractivity contribution in [3.05, 3.63) is 101 Å². The summed E-state index contributed by atoms with van der Waals surface area (Å²) in [6, 6.07) is 22.7. The van der Waals surface area contributed by atoms with Gasteiger partial charge in [-0.1, -0.05) is 60.7 Å². The normalized spacial score (nSPS) is 12.4. The predicted octanol–water partition coefficient (Wildman–Crippen LogP) is 4.95. The SMILES string of the molecule is CC(C)(C)N(CC(=O)N(CCc1ccccc1)Cc1ccco1)S(=O)(=O)C=Cc1ccccc1. The molecule has 0 saturated heterocycles. The summed E-state index contributed by atoms with van der Waals surface area (Å²) in [6.45, 7) is 5.82. The van der Waals surface area contributed by atoms with Gasteiger partial charge >= 0.3 is 0 Å². The van der Waals surface area contributed by atoms with E-state index in [2.05, 4.69) is 0 Å². The van der Waals surface area contributed by atoms with Crippen LogP contribution in [0.1, 0.15) is 37.7 Å². The largest absolute Gasteiger partial charge is 0.467 e. The van der Waals surface area contributed by atoms with Crippen LogP contribution in [0.15, 0.2) is 88.9 Å². The molecule has 0 aliphatic carbocycles. The average molecular weight is 481 g/mol. The molecule has 0 radical (unpaired) electrons. The van der Waals surface area contributed by atoms with E-state index in [1.165, 1.54) is 9.71 Å². The van der Waals surface area contributed by atoms with Crippen LogP contribution in [-0.2, 0) is 27.8 Å². The summed E-state index contributed by atoms with van der Waals surface area (Å²) < 4.78 is 33.2. The first-order chi connectivity index (χ1) is 16.1. The van der Waals surface area contributed by atoms with Gasteiger partial charge in [0.05, 0.1) is 19.4 Å². The molecular formula is C27H32N2O4S. The fourth-order valence-corrected chi connectivity index (χ4v) is 5.06. The molecular weight excluding hydrogens is 448 g/mol. The van der Waals surface area contributed by atoms with E-state index in [1.807, 2.05) is 66.7 Å². The van der Waals surface area contributed by atoms with E-state index >= 15 is 0 Å². The van der Waals surface area contributed by atoms with Crippen molar-refractivity contribution in [3.8, 4) is 0 Å². The minimum Gasteiger partial charge on any atom is -0.467 e. The van der Waals surface area contributed by atoms with E-state index in [4.69, 9.17) is 4.42 Å². The van der Waals surface area contributed by atoms with Crippen molar-refractivity contribution >= 4 is 22.0 Å². The van der Waals surface area contributed by atoms with E-state index < -0.39 is 15.6 Å². The summed E-state index contributed by atoms with van der Waals surface area (Å²) in [6.07, 6.45) is 3.77. The van der Waals surface area contributed by atoms with Gasteiger partial charge in [-0.3, -0.25) is 4.79 Å². The molecule has 0 aliphatic heterocycles. The second kappa shape index (κ2) is 11.3. The zero-order valence-electron chi connectivity index (χ0n) is 19.9. The number of carbonyl (C=O) groups is 1. The first-order valence-electron chi connectivity index (χ1n) is 11.3. The summed E-state index contributed by atoms with van der Waals surface area (Å²) >= 11 is 0. The molecule has 3 rings (SSSR count). The van der Waals surface area contributed by atoms with Gasteiger partial charge in [0.1, 0.15) is 5.76 Å². The Morgan fingerprint density at radius 3 is 2.18 bits per heavy atom. The number of hydrogen-bond acceptors (Lipinski definition) is 4. The Labute approximate surface area is 202 Å². The van der Waals surface area contributed by atoms with E-state index in [0.717, 1.165) is 11.1 Å². The maximum Gasteiger partial charge on any atom is 0.238 e. The second-order valence-corrected chi connectivity index (χ2v) is 10.8. The summed E-state index contributed by atoms with van der Waals surface area (Å²) in [5.74, 6) is 0.370. The Kier molecular flexibility index (Phi) is 8.47. The molecule has 6 nitrogen and oxygen atoms in total. The molecule has 1 amide bonds. The average Bonchev–Trinajstić information content (AvgIpc) is 3.32. The molecule has 180 valence electrons. The molecule has 0 unspecified atom stereocenters. The van der Waals surface area contributed by atoms with Gasteiger partial charge in [0.15, 0.2) is 0 Å². The van der Waals surface area contributed by atoms with E-state index in [1.54, 1.807) is 44.1 Å². The number of nitrogens with zero attached hydrogens (tertiary/aromatic N) is 2. The highest BCUT2D eigenvalue weighted by Crippen LogP contribution is 2.21. The number of amides is 1. The summed E-state index contributed by atoms with van der Waals surface area (Å²) in [5, 5.41) is 1.17. The van der Waals surface area contributed by atoms with Gasteiger partial charge in [-0.15, -0.1) is 0 Å². The molecule has 34 heavy (non-hydrogen) atoms. The van der Waals surface area contributed by atoms with Gasteiger partial charge in [0, 0.05) is 17.5 Å². The van der Waals surface area contributed by atoms with Crippen LogP contribution in [0.3, 0.4) is 0 Å². The standard InChI is InChI=1S/C27H32N2O4S/c1-27(2,3)29(34(31,32)20-17-24-13-8-5-9-14-24)22-26(30)28(21-25-15-10-19-33-25)18-16-23-11-6-4-7-12-23/h4-15,17,19-20H,16,18,21-22H2,1-3H3. The van der Waals surface area contributed by atoms with Gasteiger partial charge in [-0.05, 0) is 56.5 Å². The number of sulfonamides is 1. The fourth-order valence-electron chi connectivity index (χ4n) is 3.53. The van der Waals surface area contributed by atoms with E-state index in [-0.39, 0.29) is 19.0 Å². The van der Waals surface area contributed by atoms with Crippen molar-refractivity contribution in [3.63, 3.8) is 0 Å². The lowest BCUT2D eigenvalue weighted by Crippen LogP contribution is -2.50. The number of rotatable bonds is 10. The van der Waals surface area contributed by atoms with Gasteiger partial charge in [0.25, 0.3) is 0 Å². The molecule has 7 heteroatoms. The van der Waals surface area contributed by atoms with Crippen LogP contribution >= 0.6 is 0 Å². The number of hydrogen-bond donors (Lipinski definition) is 0. The highest BCUT2D eigenvalue weighted by Gasteiger charge is 2.34. The third kappa shape index (κ3) is 7.43. The zero-order chi connectivity index (χ0) is 24.6. The van der Waals surface area contributed by atoms with Crippen LogP contribution in [0.25, 0.3) is 6.08 Å². The molecule has 0 atom stereocenters. The fraction of sp³-hybridized carbons (Fsp3) is 0.296. The Bertz CT molecular complexity index is 1170. The van der Waals surface area contributed by atoms with Gasteiger partial charge in [-0.25, -0.2) is 8.42 Å². The molecule has 3 aromatic rings. The van der Waals surface area contributed by atoms with Gasteiger partial charge in [0.2, 0.25) is 15.9 Å². The predicted molar refractivity (Wildman–Crippen MR) is 135 cm³/mol. The highest BCUT2D eigenvalue weighted by molar-refractivity contribution is 7.92. The third-order valence-electron chi connectivity index (χ3n) is 5.36. The molecule has 0 N–H and O–H groups in total. The number of benzene rings is 2.